The van der Waals surface area contributed by atoms with Crippen LogP contribution < -0.4 is 0 Å². The number of para-hydroxylation sites is 1. The zero-order valence-electron chi connectivity index (χ0n) is 19.4. The molecule has 1 aromatic carbocycles. The molecule has 5 rings (SSSR count). The van der Waals surface area contributed by atoms with Crippen molar-refractivity contribution < 1.29 is 27.9 Å². The molecule has 1 amide bonds. The van der Waals surface area contributed by atoms with Crippen LogP contribution in [0.5, 0.6) is 0 Å². The van der Waals surface area contributed by atoms with E-state index in [1.165, 1.54) is 11.3 Å². The molecule has 1 N–H and O–H groups in total. The second-order valence-electron chi connectivity index (χ2n) is 8.63. The Bertz CT molecular complexity index is 1230. The Morgan fingerprint density at radius 1 is 1.00 bits per heavy atom. The van der Waals surface area contributed by atoms with E-state index in [0.717, 1.165) is 61.7 Å². The van der Waals surface area contributed by atoms with E-state index in [4.69, 9.17) is 15.0 Å². The molecular weight excluding hydrogens is 463 g/mol. The highest BCUT2D eigenvalue weighted by Crippen LogP contribution is 2.35. The van der Waals surface area contributed by atoms with Crippen LogP contribution in [0.3, 0.4) is 0 Å². The van der Waals surface area contributed by atoms with Crippen molar-refractivity contribution in [2.75, 3.05) is 33.2 Å². The van der Waals surface area contributed by atoms with Gasteiger partial charge in [0.05, 0.1) is 11.4 Å². The highest BCUT2D eigenvalue weighted by molar-refractivity contribution is 5.95. The van der Waals surface area contributed by atoms with Crippen LogP contribution in [0, 0.1) is 0 Å². The number of aromatic nitrogens is 3. The number of alkyl halides is 3. The summed E-state index contributed by atoms with van der Waals surface area (Å²) in [6, 6.07) is 12.2. The molecule has 11 heteroatoms. The quantitative estimate of drug-likeness (QED) is 0.599. The number of carboxylic acid groups (broad SMARTS) is 1. The summed E-state index contributed by atoms with van der Waals surface area (Å²) in [6.45, 7) is 3.45. The lowest BCUT2D eigenvalue weighted by molar-refractivity contribution is -0.192. The van der Waals surface area contributed by atoms with Gasteiger partial charge in [0, 0.05) is 50.7 Å². The Morgan fingerprint density at radius 3 is 2.23 bits per heavy atom. The number of hydrogen-bond donors (Lipinski definition) is 1. The maximum Gasteiger partial charge on any atom is 0.490 e. The Hall–Kier alpha value is -3.60. The van der Waals surface area contributed by atoms with E-state index in [1.54, 1.807) is 0 Å². The number of nitrogens with zero attached hydrogens (tertiary/aromatic N) is 5. The number of carbonyl (C=O) groups is 2. The molecule has 0 radical (unpaired) electrons. The van der Waals surface area contributed by atoms with Crippen LogP contribution in [0.2, 0.25) is 0 Å². The van der Waals surface area contributed by atoms with Crippen LogP contribution in [0.1, 0.15) is 21.7 Å². The molecule has 3 heterocycles. The molecule has 0 saturated carbocycles. The van der Waals surface area contributed by atoms with Gasteiger partial charge in [0.1, 0.15) is 5.69 Å². The number of aryl methyl sites for hydroxylation is 1. The lowest BCUT2D eigenvalue weighted by Crippen LogP contribution is -2.47. The van der Waals surface area contributed by atoms with Gasteiger partial charge >= 0.3 is 12.1 Å². The van der Waals surface area contributed by atoms with Crippen LogP contribution in [0.25, 0.3) is 16.9 Å². The van der Waals surface area contributed by atoms with Gasteiger partial charge in [0.15, 0.2) is 0 Å². The van der Waals surface area contributed by atoms with Gasteiger partial charge in [-0.05, 0) is 43.7 Å². The van der Waals surface area contributed by atoms with E-state index in [2.05, 4.69) is 40.9 Å². The first-order chi connectivity index (χ1) is 16.6. The number of amides is 1. The van der Waals surface area contributed by atoms with Gasteiger partial charge in [-0.2, -0.15) is 18.3 Å². The van der Waals surface area contributed by atoms with Crippen LogP contribution >= 0.6 is 0 Å². The topological polar surface area (TPSA) is 83.6 Å². The molecule has 3 aromatic rings. The number of piperazine rings is 1. The summed E-state index contributed by atoms with van der Waals surface area (Å²) < 4.78 is 35.8. The van der Waals surface area contributed by atoms with Gasteiger partial charge < -0.3 is 19.5 Å². The molecule has 0 atom stereocenters. The van der Waals surface area contributed by atoms with Gasteiger partial charge in [-0.15, -0.1) is 0 Å². The van der Waals surface area contributed by atoms with Gasteiger partial charge in [-0.3, -0.25) is 4.79 Å². The maximum absolute atomic E-state index is 13.1. The van der Waals surface area contributed by atoms with Gasteiger partial charge in [0.2, 0.25) is 0 Å². The number of fused-ring (bicyclic) bond motifs is 3. The van der Waals surface area contributed by atoms with E-state index in [9.17, 15) is 18.0 Å². The van der Waals surface area contributed by atoms with Crippen molar-refractivity contribution in [3.63, 3.8) is 0 Å². The Labute approximate surface area is 200 Å². The van der Waals surface area contributed by atoms with E-state index >= 15 is 0 Å². The standard InChI is InChI=1S/C22H25N5O.C2HF3O2/c1-24-10-12-26(13-11-24)22(28)20-14-18-19(25(20)2)9-8-16-15-27(23-21(16)18)17-6-4-3-5-7-17;3-2(4,5)1(6)7/h3-7,14-15H,8-13H2,1-2H3;(H,6,7). The highest BCUT2D eigenvalue weighted by atomic mass is 19.4. The summed E-state index contributed by atoms with van der Waals surface area (Å²) in [5.41, 5.74) is 6.41. The van der Waals surface area contributed by atoms with Crippen molar-refractivity contribution in [2.45, 2.75) is 19.0 Å². The summed E-state index contributed by atoms with van der Waals surface area (Å²) in [6.07, 6.45) is -1.06. The zero-order chi connectivity index (χ0) is 25.3. The van der Waals surface area contributed by atoms with Crippen LogP contribution in [0.15, 0.2) is 42.6 Å². The van der Waals surface area contributed by atoms with Crippen molar-refractivity contribution in [1.29, 1.82) is 0 Å². The molecule has 0 bridgehead atoms. The fourth-order valence-corrected chi connectivity index (χ4v) is 4.31. The van der Waals surface area contributed by atoms with E-state index < -0.39 is 12.1 Å². The van der Waals surface area contributed by atoms with Crippen molar-refractivity contribution in [1.82, 2.24) is 24.1 Å². The van der Waals surface area contributed by atoms with Gasteiger partial charge in [-0.1, -0.05) is 18.2 Å². The molecule has 1 saturated heterocycles. The monoisotopic (exact) mass is 489 g/mol. The number of halogens is 3. The van der Waals surface area contributed by atoms with E-state index in [-0.39, 0.29) is 5.91 Å². The third-order valence-electron chi connectivity index (χ3n) is 6.31. The molecule has 0 unspecified atom stereocenters. The summed E-state index contributed by atoms with van der Waals surface area (Å²) >= 11 is 0. The SMILES string of the molecule is CN1CCN(C(=O)c2cc3c(n2C)CCc2cn(-c4ccccc4)nc2-3)CC1.O=C(O)C(F)(F)F. The predicted molar refractivity (Wildman–Crippen MR) is 122 cm³/mol. The second kappa shape index (κ2) is 9.57. The number of carbonyl (C=O) groups excluding carboxylic acids is 1. The molecular formula is C24H26F3N5O3. The first kappa shape index (κ1) is 24.5. The van der Waals surface area contributed by atoms with Crippen molar-refractivity contribution in [3.05, 3.63) is 59.5 Å². The molecule has 8 nitrogen and oxygen atoms in total. The zero-order valence-corrected chi connectivity index (χ0v) is 19.4. The normalized spacial score (nSPS) is 15.6. The summed E-state index contributed by atoms with van der Waals surface area (Å²) in [7, 11) is 4.12. The summed E-state index contributed by atoms with van der Waals surface area (Å²) in [5.74, 6) is -2.62. The molecule has 2 aromatic heterocycles. The first-order valence-corrected chi connectivity index (χ1v) is 11.2. The average Bonchev–Trinajstić information content (AvgIpc) is 3.41. The number of hydrogen-bond acceptors (Lipinski definition) is 4. The lowest BCUT2D eigenvalue weighted by atomic mass is 9.96. The Balaban J connectivity index is 0.000000364. The molecule has 0 spiro atoms. The number of rotatable bonds is 2. The van der Waals surface area contributed by atoms with Gasteiger partial charge in [-0.25, -0.2) is 9.48 Å². The first-order valence-electron chi connectivity index (χ1n) is 11.2. The summed E-state index contributed by atoms with van der Waals surface area (Å²) in [4.78, 5) is 26.3. The number of aliphatic carboxylic acids is 1. The lowest BCUT2D eigenvalue weighted by Gasteiger charge is -2.32. The fourth-order valence-electron chi connectivity index (χ4n) is 4.31. The molecule has 35 heavy (non-hydrogen) atoms. The van der Waals surface area contributed by atoms with Crippen LogP contribution in [-0.2, 0) is 24.7 Å². The summed E-state index contributed by atoms with van der Waals surface area (Å²) in [5, 5.41) is 12.0. The minimum Gasteiger partial charge on any atom is -0.475 e. The van der Waals surface area contributed by atoms with Gasteiger partial charge in [0.25, 0.3) is 5.91 Å². The molecule has 1 aliphatic carbocycles. The van der Waals surface area contributed by atoms with E-state index in [0.29, 0.717) is 0 Å². The Morgan fingerprint density at radius 2 is 1.63 bits per heavy atom. The molecule has 186 valence electrons. The third kappa shape index (κ3) is 5.09. The Kier molecular flexibility index (Phi) is 6.70. The van der Waals surface area contributed by atoms with Crippen molar-refractivity contribution >= 4 is 11.9 Å². The third-order valence-corrected chi connectivity index (χ3v) is 6.31. The molecule has 1 aliphatic heterocycles. The van der Waals surface area contributed by atoms with Crippen LogP contribution in [0.4, 0.5) is 13.2 Å². The van der Waals surface area contributed by atoms with Crippen molar-refractivity contribution in [2.24, 2.45) is 7.05 Å². The predicted octanol–water partition coefficient (Wildman–Crippen LogP) is 3.00. The number of carboxylic acids is 1. The smallest absolute Gasteiger partial charge is 0.475 e. The minimum absolute atomic E-state index is 0.133. The minimum atomic E-state index is -5.08. The maximum atomic E-state index is 13.1. The van der Waals surface area contributed by atoms with Crippen molar-refractivity contribution in [3.8, 4) is 16.9 Å². The second-order valence-corrected chi connectivity index (χ2v) is 8.63. The van der Waals surface area contributed by atoms with E-state index in [1.807, 2.05) is 34.8 Å². The van der Waals surface area contributed by atoms with Crippen LogP contribution in [-0.4, -0.2) is 80.5 Å². The fraction of sp³-hybridized carbons (Fsp3) is 0.375. The largest absolute Gasteiger partial charge is 0.490 e. The molecule has 2 aliphatic rings. The average molecular weight is 489 g/mol. The number of likely N-dealkylation sites (N-methyl/N-ethyl adjacent to an activating group) is 1. The number of benzene rings is 1. The highest BCUT2D eigenvalue weighted by Gasteiger charge is 2.38. The molecule has 1 fully saturated rings.